The molecule has 0 unspecified atom stereocenters. The van der Waals surface area contributed by atoms with E-state index in [0.717, 1.165) is 41.4 Å². The van der Waals surface area contributed by atoms with Gasteiger partial charge in [-0.1, -0.05) is 23.8 Å². The van der Waals surface area contributed by atoms with E-state index in [1.165, 1.54) is 0 Å². The van der Waals surface area contributed by atoms with Crippen molar-refractivity contribution in [3.8, 4) is 0 Å². The highest BCUT2D eigenvalue weighted by atomic mass is 35.5. The van der Waals surface area contributed by atoms with Gasteiger partial charge < -0.3 is 15.2 Å². The summed E-state index contributed by atoms with van der Waals surface area (Å²) in [5.41, 5.74) is 4.86. The summed E-state index contributed by atoms with van der Waals surface area (Å²) in [5.74, 6) is 0. The zero-order valence-electron chi connectivity index (χ0n) is 13.2. The van der Waals surface area contributed by atoms with Crippen molar-refractivity contribution >= 4 is 45.9 Å². The van der Waals surface area contributed by atoms with Crippen LogP contribution in [0.3, 0.4) is 0 Å². The topological polar surface area (TPSA) is 43.4 Å². The number of benzene rings is 1. The van der Waals surface area contributed by atoms with E-state index in [2.05, 4.69) is 34.0 Å². The third-order valence-electron chi connectivity index (χ3n) is 3.94. The minimum Gasteiger partial charge on any atom is -0.370 e. The van der Waals surface area contributed by atoms with Crippen LogP contribution in [-0.4, -0.2) is 35.3 Å². The quantitative estimate of drug-likeness (QED) is 0.819. The number of benzodiazepines with no additional fused rings is 1. The third kappa shape index (κ3) is 3.12. The molecular weight excluding hydrogens is 328 g/mol. The standard InChI is InChI=1S/C17H19ClN4S/c1-3-22(4-2)14-9-11(18)8-12-16(13-6-5-7-19-13)20-10-15(23)21-17(12)14/h5-9,19H,3-4,10H2,1-2H3,(H,21,23). The molecule has 0 aliphatic carbocycles. The van der Waals surface area contributed by atoms with Gasteiger partial charge in [0, 0.05) is 29.9 Å². The summed E-state index contributed by atoms with van der Waals surface area (Å²) in [6.45, 7) is 6.52. The number of nitrogens with zero attached hydrogens (tertiary/aromatic N) is 2. The van der Waals surface area contributed by atoms with Crippen molar-refractivity contribution in [3.05, 3.63) is 46.7 Å². The van der Waals surface area contributed by atoms with Crippen LogP contribution in [0.1, 0.15) is 25.1 Å². The van der Waals surface area contributed by atoms with Crippen LogP contribution < -0.4 is 10.2 Å². The van der Waals surface area contributed by atoms with Gasteiger partial charge in [-0.05, 0) is 38.1 Å². The molecule has 0 saturated carbocycles. The summed E-state index contributed by atoms with van der Waals surface area (Å²) >= 11 is 11.8. The van der Waals surface area contributed by atoms with Crippen molar-refractivity contribution in [1.29, 1.82) is 0 Å². The molecule has 0 atom stereocenters. The molecule has 6 heteroatoms. The van der Waals surface area contributed by atoms with Crippen LogP contribution in [0.2, 0.25) is 5.02 Å². The number of nitrogens with one attached hydrogen (secondary N) is 2. The normalized spacial score (nSPS) is 13.9. The van der Waals surface area contributed by atoms with Crippen LogP contribution in [-0.2, 0) is 0 Å². The Balaban J connectivity index is 2.23. The molecule has 0 radical (unpaired) electrons. The van der Waals surface area contributed by atoms with E-state index in [4.69, 9.17) is 23.8 Å². The van der Waals surface area contributed by atoms with Gasteiger partial charge in [0.1, 0.15) is 4.99 Å². The molecule has 1 aromatic carbocycles. The predicted octanol–water partition coefficient (Wildman–Crippen LogP) is 4.10. The van der Waals surface area contributed by atoms with Gasteiger partial charge in [-0.3, -0.25) is 4.99 Å². The summed E-state index contributed by atoms with van der Waals surface area (Å²) in [6, 6.07) is 7.91. The van der Waals surface area contributed by atoms with Crippen LogP contribution in [0.4, 0.5) is 11.4 Å². The van der Waals surface area contributed by atoms with E-state index in [-0.39, 0.29) is 0 Å². The van der Waals surface area contributed by atoms with Gasteiger partial charge >= 0.3 is 0 Å². The van der Waals surface area contributed by atoms with Crippen molar-refractivity contribution in [1.82, 2.24) is 4.98 Å². The fraction of sp³-hybridized carbons (Fsp3) is 0.294. The van der Waals surface area contributed by atoms with Crippen molar-refractivity contribution in [2.75, 3.05) is 29.9 Å². The number of H-pyrrole nitrogens is 1. The average molecular weight is 347 g/mol. The molecule has 0 spiro atoms. The van der Waals surface area contributed by atoms with Gasteiger partial charge in [0.05, 0.1) is 29.3 Å². The first kappa shape index (κ1) is 16.0. The molecule has 1 aromatic heterocycles. The maximum Gasteiger partial charge on any atom is 0.102 e. The second-order valence-corrected chi connectivity index (χ2v) is 6.25. The van der Waals surface area contributed by atoms with Gasteiger partial charge in [-0.25, -0.2) is 0 Å². The van der Waals surface area contributed by atoms with Crippen LogP contribution in [0.5, 0.6) is 0 Å². The maximum atomic E-state index is 6.40. The summed E-state index contributed by atoms with van der Waals surface area (Å²) in [6.07, 6.45) is 1.89. The molecule has 23 heavy (non-hydrogen) atoms. The molecular formula is C17H19ClN4S. The largest absolute Gasteiger partial charge is 0.370 e. The Bertz CT molecular complexity index is 748. The Morgan fingerprint density at radius 1 is 1.30 bits per heavy atom. The minimum atomic E-state index is 0.466. The Morgan fingerprint density at radius 2 is 2.09 bits per heavy atom. The fourth-order valence-electron chi connectivity index (χ4n) is 2.85. The minimum absolute atomic E-state index is 0.466. The van der Waals surface area contributed by atoms with Gasteiger partial charge in [-0.15, -0.1) is 0 Å². The van der Waals surface area contributed by atoms with E-state index in [9.17, 15) is 0 Å². The van der Waals surface area contributed by atoms with E-state index < -0.39 is 0 Å². The second kappa shape index (κ2) is 6.72. The number of halogens is 1. The summed E-state index contributed by atoms with van der Waals surface area (Å²) in [4.78, 5) is 10.9. The monoisotopic (exact) mass is 346 g/mol. The first-order chi connectivity index (χ1) is 11.1. The molecule has 4 nitrogen and oxygen atoms in total. The number of fused-ring (bicyclic) bond motifs is 1. The lowest BCUT2D eigenvalue weighted by Crippen LogP contribution is -2.24. The Morgan fingerprint density at radius 3 is 2.74 bits per heavy atom. The molecule has 2 aromatic rings. The molecule has 120 valence electrons. The van der Waals surface area contributed by atoms with Gasteiger partial charge in [0.2, 0.25) is 0 Å². The maximum absolute atomic E-state index is 6.40. The van der Waals surface area contributed by atoms with Gasteiger partial charge in [0.15, 0.2) is 0 Å². The van der Waals surface area contributed by atoms with Crippen molar-refractivity contribution < 1.29 is 0 Å². The number of thiocarbonyl (C=S) groups is 1. The number of anilines is 2. The molecule has 1 aliphatic rings. The first-order valence-electron chi connectivity index (χ1n) is 7.71. The zero-order chi connectivity index (χ0) is 16.4. The number of aromatic amines is 1. The molecule has 1 aliphatic heterocycles. The third-order valence-corrected chi connectivity index (χ3v) is 4.39. The number of aromatic nitrogens is 1. The molecule has 0 bridgehead atoms. The highest BCUT2D eigenvalue weighted by Gasteiger charge is 2.22. The lowest BCUT2D eigenvalue weighted by Gasteiger charge is -2.26. The molecule has 2 N–H and O–H groups in total. The van der Waals surface area contributed by atoms with Crippen LogP contribution >= 0.6 is 23.8 Å². The van der Waals surface area contributed by atoms with Gasteiger partial charge in [-0.2, -0.15) is 0 Å². The van der Waals surface area contributed by atoms with Crippen molar-refractivity contribution in [2.45, 2.75) is 13.8 Å². The van der Waals surface area contributed by atoms with Crippen LogP contribution in [0.15, 0.2) is 35.5 Å². The summed E-state index contributed by atoms with van der Waals surface area (Å²) in [7, 11) is 0. The number of aliphatic imine (C=N–C) groups is 1. The molecule has 2 heterocycles. The second-order valence-electron chi connectivity index (χ2n) is 5.32. The lowest BCUT2D eigenvalue weighted by molar-refractivity contribution is 0.867. The summed E-state index contributed by atoms with van der Waals surface area (Å²) < 4.78 is 0. The number of hydrogen-bond acceptors (Lipinski definition) is 3. The average Bonchev–Trinajstić information content (AvgIpc) is 3.00. The molecule has 3 rings (SSSR count). The lowest BCUT2D eigenvalue weighted by atomic mass is 10.0. The van der Waals surface area contributed by atoms with E-state index >= 15 is 0 Å². The first-order valence-corrected chi connectivity index (χ1v) is 8.49. The predicted molar refractivity (Wildman–Crippen MR) is 103 cm³/mol. The highest BCUT2D eigenvalue weighted by molar-refractivity contribution is 7.80. The van der Waals surface area contributed by atoms with Crippen molar-refractivity contribution in [3.63, 3.8) is 0 Å². The zero-order valence-corrected chi connectivity index (χ0v) is 14.8. The highest BCUT2D eigenvalue weighted by Crippen LogP contribution is 2.36. The Labute approximate surface area is 146 Å². The molecule has 0 fully saturated rings. The Kier molecular flexibility index (Phi) is 4.68. The SMILES string of the molecule is CCN(CC)c1cc(Cl)cc2c1NC(=S)CN=C2c1ccc[nH]1. The van der Waals surface area contributed by atoms with Crippen LogP contribution in [0, 0.1) is 0 Å². The van der Waals surface area contributed by atoms with Crippen LogP contribution in [0.25, 0.3) is 0 Å². The molecule has 0 saturated heterocycles. The molecule has 0 amide bonds. The Hall–Kier alpha value is -1.85. The fourth-order valence-corrected chi connectivity index (χ4v) is 3.23. The van der Waals surface area contributed by atoms with Crippen molar-refractivity contribution in [2.24, 2.45) is 4.99 Å². The van der Waals surface area contributed by atoms with E-state index in [1.807, 2.05) is 30.5 Å². The van der Waals surface area contributed by atoms with E-state index in [1.54, 1.807) is 0 Å². The number of hydrogen-bond donors (Lipinski definition) is 2. The van der Waals surface area contributed by atoms with Gasteiger partial charge in [0.25, 0.3) is 0 Å². The van der Waals surface area contributed by atoms with E-state index in [0.29, 0.717) is 16.6 Å². The number of rotatable bonds is 4. The summed E-state index contributed by atoms with van der Waals surface area (Å²) in [5, 5.41) is 4.06. The smallest absolute Gasteiger partial charge is 0.102 e.